The minimum Gasteiger partial charge on any atom is -0.407 e. The lowest BCUT2D eigenvalue weighted by Gasteiger charge is -2.11. The fourth-order valence-corrected chi connectivity index (χ4v) is 4.04. The summed E-state index contributed by atoms with van der Waals surface area (Å²) < 4.78 is 30.7. The van der Waals surface area contributed by atoms with E-state index in [9.17, 15) is 28.1 Å². The van der Waals surface area contributed by atoms with Gasteiger partial charge in [-0.3, -0.25) is 19.5 Å². The number of benzene rings is 2. The van der Waals surface area contributed by atoms with E-state index in [1.54, 1.807) is 12.1 Å². The van der Waals surface area contributed by atoms with Crippen molar-refractivity contribution in [3.05, 3.63) is 63.1 Å². The number of nitro groups is 1. The lowest BCUT2D eigenvalue weighted by Crippen LogP contribution is -2.18. The number of aryl methyl sites for hydroxylation is 1. The number of carbonyl (C=O) groups is 1. The number of sulfone groups is 1. The Kier molecular flexibility index (Phi) is 6.01. The Morgan fingerprint density at radius 3 is 2.67 bits per heavy atom. The van der Waals surface area contributed by atoms with E-state index in [2.05, 4.69) is 5.32 Å². The van der Waals surface area contributed by atoms with Crippen LogP contribution in [0.3, 0.4) is 0 Å². The number of aromatic nitrogens is 1. The zero-order valence-corrected chi connectivity index (χ0v) is 16.8. The molecule has 0 radical (unpaired) electrons. The summed E-state index contributed by atoms with van der Waals surface area (Å²) in [5, 5.41) is 13.4. The SMILES string of the molecule is CCS(=O)(=O)c1ccccc1NC(=O)CCCn1c(=O)oc2cc([N+](=O)[O-])ccc21. The minimum absolute atomic E-state index is 0.0343. The van der Waals surface area contributed by atoms with Crippen LogP contribution in [0.25, 0.3) is 11.1 Å². The van der Waals surface area contributed by atoms with Gasteiger partial charge in [0.25, 0.3) is 5.69 Å². The van der Waals surface area contributed by atoms with Gasteiger partial charge in [0, 0.05) is 19.0 Å². The van der Waals surface area contributed by atoms with Crippen LogP contribution in [0, 0.1) is 10.1 Å². The lowest BCUT2D eigenvalue weighted by atomic mass is 10.2. The molecule has 11 heteroatoms. The van der Waals surface area contributed by atoms with Crippen molar-refractivity contribution in [1.29, 1.82) is 0 Å². The molecule has 0 unspecified atom stereocenters. The van der Waals surface area contributed by atoms with Crippen molar-refractivity contribution in [3.8, 4) is 0 Å². The summed E-state index contributed by atoms with van der Waals surface area (Å²) in [5.41, 5.74) is 0.508. The first-order valence-corrected chi connectivity index (χ1v) is 10.8. The van der Waals surface area contributed by atoms with Crippen molar-refractivity contribution in [2.75, 3.05) is 11.1 Å². The molecule has 3 aromatic rings. The standard InChI is InChI=1S/C19H19N3O7S/c1-2-30(27,28)17-7-4-3-6-14(17)20-18(23)8-5-11-21-15-10-9-13(22(25)26)12-16(15)29-19(21)24/h3-4,6-7,9-10,12H,2,5,8,11H2,1H3,(H,20,23). The van der Waals surface area contributed by atoms with Crippen LogP contribution in [0.1, 0.15) is 19.8 Å². The van der Waals surface area contributed by atoms with E-state index in [1.807, 2.05) is 0 Å². The largest absolute Gasteiger partial charge is 0.419 e. The predicted octanol–water partition coefficient (Wildman–Crippen LogP) is 2.72. The molecule has 1 N–H and O–H groups in total. The van der Waals surface area contributed by atoms with Crippen LogP contribution in [-0.2, 0) is 21.2 Å². The van der Waals surface area contributed by atoms with Crippen LogP contribution in [-0.4, -0.2) is 29.6 Å². The third-order valence-electron chi connectivity index (χ3n) is 4.52. The number of nitro benzene ring substituents is 1. The number of non-ortho nitro benzene ring substituents is 1. The third-order valence-corrected chi connectivity index (χ3v) is 6.31. The predicted molar refractivity (Wildman–Crippen MR) is 109 cm³/mol. The fraction of sp³-hybridized carbons (Fsp3) is 0.263. The summed E-state index contributed by atoms with van der Waals surface area (Å²) in [6.45, 7) is 1.68. The molecule has 158 valence electrons. The van der Waals surface area contributed by atoms with Crippen molar-refractivity contribution in [3.63, 3.8) is 0 Å². The average Bonchev–Trinajstić information content (AvgIpc) is 3.02. The maximum Gasteiger partial charge on any atom is 0.419 e. The van der Waals surface area contributed by atoms with Crippen LogP contribution in [0.5, 0.6) is 0 Å². The molecule has 1 aromatic heterocycles. The van der Waals surface area contributed by atoms with Gasteiger partial charge in [0.1, 0.15) is 0 Å². The molecule has 0 aliphatic carbocycles. The summed E-state index contributed by atoms with van der Waals surface area (Å²) in [5.74, 6) is -1.16. The number of fused-ring (bicyclic) bond motifs is 1. The van der Waals surface area contributed by atoms with Crippen LogP contribution >= 0.6 is 0 Å². The van der Waals surface area contributed by atoms with E-state index in [0.717, 1.165) is 0 Å². The molecule has 0 atom stereocenters. The highest BCUT2D eigenvalue weighted by molar-refractivity contribution is 7.91. The number of nitrogens with zero attached hydrogens (tertiary/aromatic N) is 2. The molecule has 0 saturated carbocycles. The summed E-state index contributed by atoms with van der Waals surface area (Å²) in [6, 6.07) is 10.0. The van der Waals surface area contributed by atoms with Crippen molar-refractivity contribution < 1.29 is 22.6 Å². The Bertz CT molecular complexity index is 1270. The highest BCUT2D eigenvalue weighted by Crippen LogP contribution is 2.23. The van der Waals surface area contributed by atoms with Crippen LogP contribution in [0.15, 0.2) is 56.6 Å². The van der Waals surface area contributed by atoms with Crippen LogP contribution < -0.4 is 11.1 Å². The quantitative estimate of drug-likeness (QED) is 0.425. The molecule has 0 aliphatic heterocycles. The summed E-state index contributed by atoms with van der Waals surface area (Å²) in [6.07, 6.45) is 0.312. The zero-order valence-electron chi connectivity index (χ0n) is 16.0. The van der Waals surface area contributed by atoms with E-state index < -0.39 is 26.4 Å². The van der Waals surface area contributed by atoms with E-state index in [1.165, 1.54) is 41.8 Å². The van der Waals surface area contributed by atoms with E-state index >= 15 is 0 Å². The number of oxazole rings is 1. The molecule has 0 bridgehead atoms. The first kappa shape index (κ1) is 21.2. The lowest BCUT2D eigenvalue weighted by molar-refractivity contribution is -0.384. The average molecular weight is 433 g/mol. The van der Waals surface area contributed by atoms with Crippen molar-refractivity contribution in [1.82, 2.24) is 4.57 Å². The number of para-hydroxylation sites is 1. The van der Waals surface area contributed by atoms with Gasteiger partial charge in [-0.15, -0.1) is 0 Å². The Morgan fingerprint density at radius 1 is 1.23 bits per heavy atom. The molecule has 0 saturated heterocycles. The zero-order chi connectivity index (χ0) is 21.9. The molecule has 0 spiro atoms. The maximum absolute atomic E-state index is 12.3. The first-order valence-electron chi connectivity index (χ1n) is 9.12. The smallest absolute Gasteiger partial charge is 0.407 e. The molecule has 10 nitrogen and oxygen atoms in total. The summed E-state index contributed by atoms with van der Waals surface area (Å²) in [7, 11) is -3.49. The third kappa shape index (κ3) is 4.40. The van der Waals surface area contributed by atoms with Gasteiger partial charge in [-0.25, -0.2) is 13.2 Å². The fourth-order valence-electron chi connectivity index (χ4n) is 2.99. The Balaban J connectivity index is 1.68. The molecule has 0 fully saturated rings. The number of rotatable bonds is 8. The first-order chi connectivity index (χ1) is 14.2. The van der Waals surface area contributed by atoms with E-state index in [4.69, 9.17) is 4.42 Å². The van der Waals surface area contributed by atoms with Gasteiger partial charge in [-0.1, -0.05) is 19.1 Å². The molecule has 3 rings (SSSR count). The van der Waals surface area contributed by atoms with Crippen LogP contribution in [0.2, 0.25) is 0 Å². The van der Waals surface area contributed by atoms with Gasteiger partial charge >= 0.3 is 5.76 Å². The van der Waals surface area contributed by atoms with E-state index in [0.29, 0.717) is 5.52 Å². The van der Waals surface area contributed by atoms with Gasteiger partial charge in [-0.2, -0.15) is 0 Å². The number of hydrogen-bond donors (Lipinski definition) is 1. The number of carbonyl (C=O) groups excluding carboxylic acids is 1. The Hall–Kier alpha value is -3.47. The van der Waals surface area contributed by atoms with Gasteiger partial charge in [0.15, 0.2) is 15.4 Å². The van der Waals surface area contributed by atoms with Gasteiger partial charge in [0.2, 0.25) is 5.91 Å². The topological polar surface area (TPSA) is 142 Å². The number of nitrogens with one attached hydrogen (secondary N) is 1. The number of amides is 1. The van der Waals surface area contributed by atoms with Crippen LogP contribution in [0.4, 0.5) is 11.4 Å². The van der Waals surface area contributed by atoms with E-state index in [-0.39, 0.29) is 47.0 Å². The second-order valence-electron chi connectivity index (χ2n) is 6.48. The van der Waals surface area contributed by atoms with Gasteiger partial charge in [0.05, 0.1) is 32.8 Å². The molecular formula is C19H19N3O7S. The van der Waals surface area contributed by atoms with Gasteiger partial charge in [-0.05, 0) is 24.6 Å². The molecule has 2 aromatic carbocycles. The van der Waals surface area contributed by atoms with Gasteiger partial charge < -0.3 is 9.73 Å². The second-order valence-corrected chi connectivity index (χ2v) is 8.73. The molecule has 0 aliphatic rings. The Morgan fingerprint density at radius 2 is 1.97 bits per heavy atom. The number of hydrogen-bond acceptors (Lipinski definition) is 7. The second kappa shape index (κ2) is 8.49. The van der Waals surface area contributed by atoms with Crippen molar-refractivity contribution in [2.24, 2.45) is 0 Å². The molecule has 30 heavy (non-hydrogen) atoms. The monoisotopic (exact) mass is 433 g/mol. The minimum atomic E-state index is -3.49. The molecule has 1 heterocycles. The van der Waals surface area contributed by atoms with Crippen molar-refractivity contribution >= 4 is 38.2 Å². The number of anilines is 1. The highest BCUT2D eigenvalue weighted by Gasteiger charge is 2.18. The molecular weight excluding hydrogens is 414 g/mol. The Labute approximate surface area is 171 Å². The van der Waals surface area contributed by atoms with Crippen molar-refractivity contribution in [2.45, 2.75) is 31.2 Å². The highest BCUT2D eigenvalue weighted by atomic mass is 32.2. The maximum atomic E-state index is 12.3. The normalized spacial score (nSPS) is 11.5. The summed E-state index contributed by atoms with van der Waals surface area (Å²) >= 11 is 0. The molecule has 1 amide bonds. The summed E-state index contributed by atoms with van der Waals surface area (Å²) in [4.78, 5) is 34.6.